The Bertz CT molecular complexity index is 1280. The number of nitrogens with zero attached hydrogens (tertiary/aromatic N) is 2. The first-order chi connectivity index (χ1) is 16.2. The molecule has 4 rings (SSSR count). The second kappa shape index (κ2) is 9.64. The molecule has 3 aromatic rings. The molecule has 1 saturated heterocycles. The molecule has 2 heterocycles. The minimum Gasteiger partial charge on any atom is -0.495 e. The van der Waals surface area contributed by atoms with Crippen molar-refractivity contribution in [1.82, 2.24) is 10.3 Å². The maximum Gasteiger partial charge on any atom is 0.262 e. The molecule has 7 nitrogen and oxygen atoms in total. The fraction of sp³-hybridized carbons (Fsp3) is 0.346. The molecule has 1 aliphatic heterocycles. The highest BCUT2D eigenvalue weighted by molar-refractivity contribution is 7.92. The lowest BCUT2D eigenvalue weighted by molar-refractivity contribution is 0.406. The van der Waals surface area contributed by atoms with E-state index in [4.69, 9.17) is 4.74 Å². The third kappa shape index (κ3) is 5.18. The van der Waals surface area contributed by atoms with E-state index >= 15 is 0 Å². The summed E-state index contributed by atoms with van der Waals surface area (Å²) < 4.78 is 35.0. The summed E-state index contributed by atoms with van der Waals surface area (Å²) in [6.07, 6.45) is 0. The fourth-order valence-electron chi connectivity index (χ4n) is 4.52. The van der Waals surface area contributed by atoms with E-state index in [9.17, 15) is 8.42 Å². The van der Waals surface area contributed by atoms with Crippen LogP contribution in [0.5, 0.6) is 5.75 Å². The normalized spacial score (nSPS) is 18.6. The third-order valence-electron chi connectivity index (χ3n) is 6.00. The number of sulfonamides is 1. The monoisotopic (exact) mass is 480 g/mol. The molecule has 0 saturated carbocycles. The fourth-order valence-corrected chi connectivity index (χ4v) is 5.81. The van der Waals surface area contributed by atoms with Crippen LogP contribution in [0.15, 0.2) is 59.5 Å². The minimum atomic E-state index is -3.83. The van der Waals surface area contributed by atoms with Gasteiger partial charge in [0.1, 0.15) is 5.75 Å². The number of ether oxygens (including phenoxy) is 1. The van der Waals surface area contributed by atoms with Gasteiger partial charge in [-0.25, -0.2) is 8.42 Å². The highest BCUT2D eigenvalue weighted by Gasteiger charge is 2.24. The van der Waals surface area contributed by atoms with Gasteiger partial charge in [0, 0.05) is 42.1 Å². The van der Waals surface area contributed by atoms with Gasteiger partial charge in [-0.05, 0) is 75.7 Å². The quantitative estimate of drug-likeness (QED) is 0.545. The van der Waals surface area contributed by atoms with Crippen LogP contribution in [-0.4, -0.2) is 45.7 Å². The summed E-state index contributed by atoms with van der Waals surface area (Å²) in [5.74, 6) is 0.474. The molecule has 34 heavy (non-hydrogen) atoms. The van der Waals surface area contributed by atoms with Crippen molar-refractivity contribution >= 4 is 21.4 Å². The number of pyridine rings is 1. The summed E-state index contributed by atoms with van der Waals surface area (Å²) in [4.78, 5) is 7.03. The van der Waals surface area contributed by atoms with E-state index in [2.05, 4.69) is 33.8 Å². The van der Waals surface area contributed by atoms with Crippen molar-refractivity contribution in [3.63, 3.8) is 0 Å². The van der Waals surface area contributed by atoms with Gasteiger partial charge in [0.15, 0.2) is 0 Å². The van der Waals surface area contributed by atoms with Gasteiger partial charge in [-0.2, -0.15) is 0 Å². The Morgan fingerprint density at radius 2 is 1.76 bits per heavy atom. The smallest absolute Gasteiger partial charge is 0.262 e. The van der Waals surface area contributed by atoms with Crippen molar-refractivity contribution in [3.05, 3.63) is 65.9 Å². The van der Waals surface area contributed by atoms with Gasteiger partial charge in [-0.3, -0.25) is 9.71 Å². The van der Waals surface area contributed by atoms with Crippen molar-refractivity contribution in [2.24, 2.45) is 0 Å². The van der Waals surface area contributed by atoms with Gasteiger partial charge in [0.05, 0.1) is 23.4 Å². The molecule has 0 unspecified atom stereocenters. The maximum absolute atomic E-state index is 13.4. The highest BCUT2D eigenvalue weighted by Crippen LogP contribution is 2.33. The number of anilines is 2. The Hall–Kier alpha value is -3.10. The topological polar surface area (TPSA) is 83.6 Å². The van der Waals surface area contributed by atoms with Gasteiger partial charge in [-0.15, -0.1) is 0 Å². The van der Waals surface area contributed by atoms with Crippen molar-refractivity contribution in [1.29, 1.82) is 0 Å². The molecule has 8 heteroatoms. The predicted molar refractivity (Wildman–Crippen MR) is 137 cm³/mol. The summed E-state index contributed by atoms with van der Waals surface area (Å²) in [5.41, 5.74) is 4.62. The third-order valence-corrected chi connectivity index (χ3v) is 7.52. The second-order valence-corrected chi connectivity index (χ2v) is 10.7. The van der Waals surface area contributed by atoms with E-state index in [1.54, 1.807) is 19.1 Å². The maximum atomic E-state index is 13.4. The minimum absolute atomic E-state index is 0.223. The first kappa shape index (κ1) is 24.0. The summed E-state index contributed by atoms with van der Waals surface area (Å²) in [7, 11) is -2.30. The lowest BCUT2D eigenvalue weighted by Crippen LogP contribution is -2.54. The van der Waals surface area contributed by atoms with Crippen LogP contribution in [-0.2, 0) is 10.0 Å². The molecule has 2 atom stereocenters. The molecule has 180 valence electrons. The van der Waals surface area contributed by atoms with Crippen molar-refractivity contribution in [2.75, 3.05) is 29.8 Å². The number of rotatable bonds is 6. The van der Waals surface area contributed by atoms with Crippen LogP contribution in [0.4, 0.5) is 11.4 Å². The number of nitrogens with one attached hydrogen (secondary N) is 2. The van der Waals surface area contributed by atoms with Gasteiger partial charge in [0.25, 0.3) is 10.0 Å². The number of hydrogen-bond donors (Lipinski definition) is 2. The van der Waals surface area contributed by atoms with Crippen molar-refractivity contribution in [3.8, 4) is 17.0 Å². The molecule has 0 spiro atoms. The molecular formula is C26H32N4O3S. The summed E-state index contributed by atoms with van der Waals surface area (Å²) >= 11 is 0. The van der Waals surface area contributed by atoms with Crippen LogP contribution in [0, 0.1) is 13.8 Å². The summed E-state index contributed by atoms with van der Waals surface area (Å²) in [5, 5.41) is 3.52. The molecule has 1 aliphatic rings. The zero-order valence-electron chi connectivity index (χ0n) is 20.3. The number of piperazine rings is 1. The number of benzene rings is 2. The van der Waals surface area contributed by atoms with Crippen LogP contribution in [0.2, 0.25) is 0 Å². The number of methoxy groups -OCH3 is 1. The van der Waals surface area contributed by atoms with Crippen molar-refractivity contribution in [2.45, 2.75) is 44.7 Å². The molecule has 0 radical (unpaired) electrons. The second-order valence-electron chi connectivity index (χ2n) is 9.01. The van der Waals surface area contributed by atoms with Gasteiger partial charge in [-0.1, -0.05) is 12.1 Å². The van der Waals surface area contributed by atoms with Crippen molar-refractivity contribution < 1.29 is 13.2 Å². The number of hydrogen-bond acceptors (Lipinski definition) is 6. The molecular weight excluding hydrogens is 448 g/mol. The molecule has 0 amide bonds. The molecule has 2 N–H and O–H groups in total. The number of aryl methyl sites for hydroxylation is 2. The van der Waals surface area contributed by atoms with Crippen LogP contribution in [0.1, 0.15) is 25.1 Å². The highest BCUT2D eigenvalue weighted by atomic mass is 32.2. The SMILES string of the molecule is COc1ccc(N2C[C@@H](C)N[C@@H](C)C2)cc1NS(=O)(=O)c1ccc(-c2cccc(C)n2)cc1C. The predicted octanol–water partition coefficient (Wildman–Crippen LogP) is 4.36. The van der Waals surface area contributed by atoms with Crippen LogP contribution in [0.3, 0.4) is 0 Å². The molecule has 0 bridgehead atoms. The van der Waals surface area contributed by atoms with E-state index in [0.29, 0.717) is 29.1 Å². The van der Waals surface area contributed by atoms with Gasteiger partial charge < -0.3 is 15.0 Å². The Kier molecular flexibility index (Phi) is 6.81. The van der Waals surface area contributed by atoms with Crippen LogP contribution >= 0.6 is 0 Å². The zero-order valence-corrected chi connectivity index (χ0v) is 21.1. The number of aromatic nitrogens is 1. The van der Waals surface area contributed by atoms with Crippen LogP contribution in [0.25, 0.3) is 11.3 Å². The zero-order chi connectivity index (χ0) is 24.5. The van der Waals surface area contributed by atoms with E-state index in [1.165, 1.54) is 7.11 Å². The van der Waals surface area contributed by atoms with E-state index in [-0.39, 0.29) is 4.90 Å². The van der Waals surface area contributed by atoms with E-state index < -0.39 is 10.0 Å². The first-order valence-electron chi connectivity index (χ1n) is 11.4. The first-order valence-corrected chi connectivity index (χ1v) is 12.9. The van der Waals surface area contributed by atoms with Gasteiger partial charge >= 0.3 is 0 Å². The van der Waals surface area contributed by atoms with E-state index in [0.717, 1.165) is 35.7 Å². The average Bonchev–Trinajstić information content (AvgIpc) is 2.78. The summed E-state index contributed by atoms with van der Waals surface area (Å²) in [6.45, 7) is 9.71. The molecule has 1 fully saturated rings. The average molecular weight is 481 g/mol. The van der Waals surface area contributed by atoms with Gasteiger partial charge in [0.2, 0.25) is 0 Å². The van der Waals surface area contributed by atoms with E-state index in [1.807, 2.05) is 49.4 Å². The Morgan fingerprint density at radius 3 is 2.41 bits per heavy atom. The molecule has 2 aromatic carbocycles. The Balaban J connectivity index is 1.64. The lowest BCUT2D eigenvalue weighted by atomic mass is 10.1. The molecule has 1 aromatic heterocycles. The molecule has 0 aliphatic carbocycles. The Morgan fingerprint density at radius 1 is 1.03 bits per heavy atom. The summed E-state index contributed by atoms with van der Waals surface area (Å²) in [6, 6.07) is 17.4. The van der Waals surface area contributed by atoms with Crippen LogP contribution < -0.4 is 19.7 Å². The Labute approximate surface area is 202 Å². The standard InChI is InChI=1S/C26H32N4O3S/c1-17-13-21(23-8-6-7-18(2)28-23)9-12-26(17)34(31,32)29-24-14-22(10-11-25(24)33-5)30-15-19(3)27-20(4)16-30/h6-14,19-20,27,29H,15-16H2,1-5H3/t19-,20+. The lowest BCUT2D eigenvalue weighted by Gasteiger charge is -2.38. The largest absolute Gasteiger partial charge is 0.495 e.